The first-order valence-corrected chi connectivity index (χ1v) is 7.65. The third-order valence-corrected chi connectivity index (χ3v) is 4.31. The van der Waals surface area contributed by atoms with Crippen LogP contribution in [-0.4, -0.2) is 23.3 Å². The minimum absolute atomic E-state index is 0.306. The highest BCUT2D eigenvalue weighted by atomic mass is 16.6. The molecule has 2 aliphatic rings. The molecule has 114 valence electrons. The molecule has 1 aliphatic heterocycles. The molecule has 0 spiro atoms. The maximum absolute atomic E-state index is 12.3. The number of anilines is 1. The Bertz CT molecular complexity index is 570. The molecule has 0 atom stereocenters. The number of ether oxygens (including phenoxy) is 1. The molecule has 4 nitrogen and oxygen atoms in total. The Hall–Kier alpha value is -1.55. The quantitative estimate of drug-likeness (QED) is 0.862. The zero-order chi connectivity index (χ0) is 15.3. The predicted molar refractivity (Wildman–Crippen MR) is 81.5 cm³/mol. The Morgan fingerprint density at radius 3 is 2.62 bits per heavy atom. The Morgan fingerprint density at radius 1 is 1.33 bits per heavy atom. The van der Waals surface area contributed by atoms with E-state index in [-0.39, 0.29) is 6.09 Å². The van der Waals surface area contributed by atoms with E-state index in [1.807, 2.05) is 39.0 Å². The molecular weight excluding hydrogens is 266 g/mol. The van der Waals surface area contributed by atoms with Crippen LogP contribution in [0.1, 0.15) is 51.2 Å². The fraction of sp³-hybridized carbons (Fsp3) is 0.588. The van der Waals surface area contributed by atoms with Gasteiger partial charge in [0, 0.05) is 6.54 Å². The highest BCUT2D eigenvalue weighted by molar-refractivity contribution is 5.90. The number of hydrogen-bond acceptors (Lipinski definition) is 3. The molecular formula is C17H23NO3. The average Bonchev–Trinajstić information content (AvgIpc) is 2.76. The lowest BCUT2D eigenvalue weighted by atomic mass is 9.75. The normalized spacial score (nSPS) is 19.9. The van der Waals surface area contributed by atoms with Crippen molar-refractivity contribution in [1.29, 1.82) is 0 Å². The summed E-state index contributed by atoms with van der Waals surface area (Å²) in [6.07, 6.45) is 3.20. The smallest absolute Gasteiger partial charge is 0.414 e. The van der Waals surface area contributed by atoms with Crippen molar-refractivity contribution >= 4 is 11.8 Å². The second kappa shape index (κ2) is 4.73. The second-order valence-corrected chi connectivity index (χ2v) is 7.11. The molecule has 21 heavy (non-hydrogen) atoms. The summed E-state index contributed by atoms with van der Waals surface area (Å²) in [6, 6.07) is 5.99. The van der Waals surface area contributed by atoms with Gasteiger partial charge >= 0.3 is 6.09 Å². The third kappa shape index (κ3) is 2.64. The minimum Gasteiger partial charge on any atom is -0.443 e. The lowest BCUT2D eigenvalue weighted by Gasteiger charge is -2.37. The number of carbonyl (C=O) groups is 1. The number of fused-ring (bicyclic) bond motifs is 1. The molecule has 1 aromatic carbocycles. The van der Waals surface area contributed by atoms with Crippen molar-refractivity contribution in [3.05, 3.63) is 29.3 Å². The highest BCUT2D eigenvalue weighted by Gasteiger charge is 2.38. The van der Waals surface area contributed by atoms with E-state index in [9.17, 15) is 9.90 Å². The number of benzene rings is 1. The molecule has 0 aromatic heterocycles. The van der Waals surface area contributed by atoms with Gasteiger partial charge in [-0.25, -0.2) is 4.79 Å². The largest absolute Gasteiger partial charge is 0.443 e. The summed E-state index contributed by atoms with van der Waals surface area (Å²) in [7, 11) is 0. The molecule has 1 aromatic rings. The van der Waals surface area contributed by atoms with Crippen molar-refractivity contribution in [1.82, 2.24) is 0 Å². The molecule has 0 saturated heterocycles. The Kier molecular flexibility index (Phi) is 3.24. The molecule has 0 radical (unpaired) electrons. The van der Waals surface area contributed by atoms with E-state index in [2.05, 4.69) is 0 Å². The maximum Gasteiger partial charge on any atom is 0.414 e. The zero-order valence-corrected chi connectivity index (χ0v) is 13.0. The first-order valence-electron chi connectivity index (χ1n) is 7.65. The summed E-state index contributed by atoms with van der Waals surface area (Å²) >= 11 is 0. The predicted octanol–water partition coefficient (Wildman–Crippen LogP) is 3.36. The minimum atomic E-state index is -0.697. The molecule has 1 heterocycles. The van der Waals surface area contributed by atoms with Gasteiger partial charge in [-0.1, -0.05) is 12.1 Å². The van der Waals surface area contributed by atoms with E-state index in [0.29, 0.717) is 6.54 Å². The van der Waals surface area contributed by atoms with Gasteiger partial charge in [-0.3, -0.25) is 4.90 Å². The number of hydrogen-bond donors (Lipinski definition) is 1. The van der Waals surface area contributed by atoms with E-state index in [4.69, 9.17) is 4.74 Å². The van der Waals surface area contributed by atoms with Crippen LogP contribution in [0.25, 0.3) is 0 Å². The maximum atomic E-state index is 12.3. The van der Waals surface area contributed by atoms with Crippen LogP contribution in [0, 0.1) is 0 Å². The topological polar surface area (TPSA) is 49.8 Å². The molecule has 0 bridgehead atoms. The van der Waals surface area contributed by atoms with Crippen molar-refractivity contribution in [2.24, 2.45) is 0 Å². The van der Waals surface area contributed by atoms with E-state index >= 15 is 0 Å². The van der Waals surface area contributed by atoms with Crippen LogP contribution in [0.4, 0.5) is 10.5 Å². The molecule has 1 amide bonds. The summed E-state index contributed by atoms with van der Waals surface area (Å²) in [5.41, 5.74) is 1.76. The van der Waals surface area contributed by atoms with Gasteiger partial charge in [0.2, 0.25) is 0 Å². The van der Waals surface area contributed by atoms with E-state index in [1.54, 1.807) is 4.90 Å². The third-order valence-electron chi connectivity index (χ3n) is 4.31. The first kappa shape index (κ1) is 14.4. The van der Waals surface area contributed by atoms with Gasteiger partial charge in [0.1, 0.15) is 5.60 Å². The fourth-order valence-corrected chi connectivity index (χ4v) is 2.98. The monoisotopic (exact) mass is 289 g/mol. The van der Waals surface area contributed by atoms with Crippen molar-refractivity contribution in [2.75, 3.05) is 11.4 Å². The van der Waals surface area contributed by atoms with Crippen LogP contribution < -0.4 is 4.90 Å². The van der Waals surface area contributed by atoms with Crippen LogP contribution in [0.3, 0.4) is 0 Å². The van der Waals surface area contributed by atoms with Gasteiger partial charge in [0.15, 0.2) is 0 Å². The fourth-order valence-electron chi connectivity index (χ4n) is 2.98. The summed E-state index contributed by atoms with van der Waals surface area (Å²) < 4.78 is 5.47. The molecule has 1 N–H and O–H groups in total. The lowest BCUT2D eigenvalue weighted by Crippen LogP contribution is -2.36. The van der Waals surface area contributed by atoms with E-state index < -0.39 is 11.2 Å². The number of aliphatic hydroxyl groups is 1. The first-order chi connectivity index (χ1) is 9.78. The molecule has 1 aliphatic carbocycles. The summed E-state index contributed by atoms with van der Waals surface area (Å²) in [5, 5.41) is 10.5. The zero-order valence-electron chi connectivity index (χ0n) is 13.0. The summed E-state index contributed by atoms with van der Waals surface area (Å²) in [4.78, 5) is 14.0. The van der Waals surface area contributed by atoms with Crippen LogP contribution in [0.5, 0.6) is 0 Å². The number of carbonyl (C=O) groups excluding carboxylic acids is 1. The lowest BCUT2D eigenvalue weighted by molar-refractivity contribution is -0.0387. The van der Waals surface area contributed by atoms with Gasteiger partial charge in [0.25, 0.3) is 0 Å². The van der Waals surface area contributed by atoms with Gasteiger partial charge < -0.3 is 9.84 Å². The molecule has 3 rings (SSSR count). The van der Waals surface area contributed by atoms with Crippen LogP contribution in [0.15, 0.2) is 18.2 Å². The van der Waals surface area contributed by atoms with Crippen LogP contribution >= 0.6 is 0 Å². The number of nitrogens with zero attached hydrogens (tertiary/aromatic N) is 1. The molecule has 4 heteroatoms. The standard InChI is InChI=1S/C17H23NO3/c1-16(2,3)21-15(19)18-10-7-12-5-6-13(11-14(12)18)17(20)8-4-9-17/h5-6,11,20H,4,7-10H2,1-3H3. The van der Waals surface area contributed by atoms with Crippen LogP contribution in [-0.2, 0) is 16.8 Å². The summed E-state index contributed by atoms with van der Waals surface area (Å²) in [6.45, 7) is 6.26. The van der Waals surface area contributed by atoms with Gasteiger partial charge in [-0.15, -0.1) is 0 Å². The average molecular weight is 289 g/mol. The highest BCUT2D eigenvalue weighted by Crippen LogP contribution is 2.43. The Morgan fingerprint density at radius 2 is 2.05 bits per heavy atom. The van der Waals surface area contributed by atoms with Crippen LogP contribution in [0.2, 0.25) is 0 Å². The Labute approximate surface area is 125 Å². The van der Waals surface area contributed by atoms with Crippen molar-refractivity contribution < 1.29 is 14.6 Å². The SMILES string of the molecule is CC(C)(C)OC(=O)N1CCc2ccc(C3(O)CCC3)cc21. The van der Waals surface area contributed by atoms with Crippen molar-refractivity contribution in [2.45, 2.75) is 57.7 Å². The molecule has 0 unspecified atom stereocenters. The number of rotatable bonds is 1. The van der Waals surface area contributed by atoms with Gasteiger partial charge in [-0.05, 0) is 63.6 Å². The van der Waals surface area contributed by atoms with Crippen molar-refractivity contribution in [3.63, 3.8) is 0 Å². The summed E-state index contributed by atoms with van der Waals surface area (Å²) in [5.74, 6) is 0. The number of amides is 1. The van der Waals surface area contributed by atoms with Gasteiger partial charge in [-0.2, -0.15) is 0 Å². The van der Waals surface area contributed by atoms with Gasteiger partial charge in [0.05, 0.1) is 11.3 Å². The Balaban J connectivity index is 1.87. The second-order valence-electron chi connectivity index (χ2n) is 7.11. The van der Waals surface area contributed by atoms with Crippen molar-refractivity contribution in [3.8, 4) is 0 Å². The van der Waals surface area contributed by atoms with E-state index in [0.717, 1.165) is 42.5 Å². The molecule has 1 fully saturated rings. The van der Waals surface area contributed by atoms with E-state index in [1.165, 1.54) is 0 Å². The molecule has 1 saturated carbocycles.